The highest BCUT2D eigenvalue weighted by Crippen LogP contribution is 2.31. The predicted octanol–water partition coefficient (Wildman–Crippen LogP) is 3.38. The van der Waals surface area contributed by atoms with Crippen molar-refractivity contribution >= 4 is 0 Å². The van der Waals surface area contributed by atoms with Crippen molar-refractivity contribution in [2.75, 3.05) is 6.61 Å². The smallest absolute Gasteiger partial charge is 0.197 e. The maximum atomic E-state index is 11.0. The number of ether oxygens (including phenoxy) is 3. The number of rotatable bonds is 6. The van der Waals surface area contributed by atoms with Gasteiger partial charge in [-0.15, -0.1) is 0 Å². The molecular formula is C25H25NO4. The fourth-order valence-corrected chi connectivity index (χ4v) is 4.10. The molecule has 5 rings (SSSR count). The van der Waals surface area contributed by atoms with Crippen molar-refractivity contribution in [3.8, 4) is 16.9 Å². The molecule has 0 aromatic heterocycles. The second-order valence-corrected chi connectivity index (χ2v) is 7.73. The molecule has 2 N–H and O–H groups in total. The molecule has 2 heterocycles. The molecule has 2 bridgehead atoms. The Labute approximate surface area is 176 Å². The molecule has 0 radical (unpaired) electrons. The highest BCUT2D eigenvalue weighted by atomic mass is 16.7. The number of fused-ring (bicyclic) bond motifs is 2. The molecule has 5 heteroatoms. The summed E-state index contributed by atoms with van der Waals surface area (Å²) in [4.78, 5) is 0. The van der Waals surface area contributed by atoms with Crippen LogP contribution in [0.5, 0.6) is 5.75 Å². The van der Waals surface area contributed by atoms with E-state index < -0.39 is 18.5 Å². The molecule has 5 atom stereocenters. The Hall–Kier alpha value is -2.70. The summed E-state index contributed by atoms with van der Waals surface area (Å²) in [6.07, 6.45) is -2.05. The van der Waals surface area contributed by atoms with Crippen molar-refractivity contribution in [2.24, 2.45) is 0 Å². The number of hydrogen-bond donors (Lipinski definition) is 2. The molecule has 2 aliphatic rings. The van der Waals surface area contributed by atoms with Gasteiger partial charge in [0.1, 0.15) is 18.0 Å². The van der Waals surface area contributed by atoms with Crippen molar-refractivity contribution in [2.45, 2.75) is 37.2 Å². The van der Waals surface area contributed by atoms with Gasteiger partial charge in [-0.3, -0.25) is 0 Å². The highest BCUT2D eigenvalue weighted by Gasteiger charge is 2.51. The minimum Gasteiger partial charge on any atom is -0.482 e. The van der Waals surface area contributed by atoms with E-state index in [1.54, 1.807) is 0 Å². The summed E-state index contributed by atoms with van der Waals surface area (Å²) >= 11 is 0. The molecule has 3 aromatic carbocycles. The van der Waals surface area contributed by atoms with Gasteiger partial charge in [-0.05, 0) is 28.8 Å². The average Bonchev–Trinajstić information content (AvgIpc) is 3.24. The van der Waals surface area contributed by atoms with Gasteiger partial charge >= 0.3 is 0 Å². The average molecular weight is 403 g/mol. The number of aliphatic hydroxyl groups excluding tert-OH is 1. The molecular weight excluding hydrogens is 378 g/mol. The van der Waals surface area contributed by atoms with Gasteiger partial charge in [0, 0.05) is 6.54 Å². The van der Waals surface area contributed by atoms with Crippen LogP contribution in [0, 0.1) is 0 Å². The molecule has 3 aromatic rings. The monoisotopic (exact) mass is 403 g/mol. The Morgan fingerprint density at radius 1 is 0.867 bits per heavy atom. The first kappa shape index (κ1) is 19.3. The van der Waals surface area contributed by atoms with Gasteiger partial charge in [0.2, 0.25) is 0 Å². The van der Waals surface area contributed by atoms with Gasteiger partial charge in [-0.2, -0.15) is 0 Å². The Kier molecular flexibility index (Phi) is 5.51. The van der Waals surface area contributed by atoms with E-state index in [1.165, 1.54) is 11.1 Å². The molecule has 5 nitrogen and oxygen atoms in total. The van der Waals surface area contributed by atoms with Crippen molar-refractivity contribution in [1.82, 2.24) is 5.32 Å². The van der Waals surface area contributed by atoms with Crippen LogP contribution < -0.4 is 10.1 Å². The zero-order chi connectivity index (χ0) is 20.3. The van der Waals surface area contributed by atoms with E-state index in [2.05, 4.69) is 41.7 Å². The van der Waals surface area contributed by atoms with Gasteiger partial charge in [-0.1, -0.05) is 72.8 Å². The third-order valence-corrected chi connectivity index (χ3v) is 5.73. The molecule has 0 spiro atoms. The van der Waals surface area contributed by atoms with Gasteiger partial charge in [0.25, 0.3) is 0 Å². The van der Waals surface area contributed by atoms with E-state index in [4.69, 9.17) is 14.2 Å². The maximum absolute atomic E-state index is 11.0. The molecule has 2 fully saturated rings. The first-order chi connectivity index (χ1) is 14.8. The van der Waals surface area contributed by atoms with E-state index in [9.17, 15) is 5.11 Å². The Balaban J connectivity index is 1.25. The summed E-state index contributed by atoms with van der Waals surface area (Å²) in [6, 6.07) is 28.0. The lowest BCUT2D eigenvalue weighted by atomic mass is 9.97. The minimum absolute atomic E-state index is 0.191. The third-order valence-electron chi connectivity index (χ3n) is 5.73. The number of nitrogens with one attached hydrogen (secondary N) is 1. The maximum Gasteiger partial charge on any atom is 0.197 e. The molecule has 0 unspecified atom stereocenters. The quantitative estimate of drug-likeness (QED) is 0.661. The summed E-state index contributed by atoms with van der Waals surface area (Å²) in [5.41, 5.74) is 3.52. The lowest BCUT2D eigenvalue weighted by Crippen LogP contribution is -2.61. The van der Waals surface area contributed by atoms with Crippen molar-refractivity contribution in [3.63, 3.8) is 0 Å². The Bertz CT molecular complexity index is 948. The van der Waals surface area contributed by atoms with Crippen LogP contribution in [0.3, 0.4) is 0 Å². The van der Waals surface area contributed by atoms with E-state index in [-0.39, 0.29) is 12.1 Å². The molecule has 0 saturated carbocycles. The van der Waals surface area contributed by atoms with Crippen LogP contribution in [0.1, 0.15) is 5.56 Å². The summed E-state index contributed by atoms with van der Waals surface area (Å²) < 4.78 is 17.7. The molecule has 0 aliphatic carbocycles. The standard InChI is InChI=1S/C25H25NO4/c27-23-22(21-16-28-25(30-21)24(23)29-20-9-5-2-6-10-20)26-15-17-11-13-19(14-12-17)18-7-3-1-4-8-18/h1-14,21-27H,15-16H2/t21-,22-,23+,24-,25-/m1/s1. The second-order valence-electron chi connectivity index (χ2n) is 7.73. The van der Waals surface area contributed by atoms with Gasteiger partial charge < -0.3 is 24.6 Å². The summed E-state index contributed by atoms with van der Waals surface area (Å²) in [6.45, 7) is 1.07. The summed E-state index contributed by atoms with van der Waals surface area (Å²) in [5, 5.41) is 14.4. The van der Waals surface area contributed by atoms with Crippen LogP contribution in [0.15, 0.2) is 84.9 Å². The minimum atomic E-state index is -0.736. The molecule has 30 heavy (non-hydrogen) atoms. The predicted molar refractivity (Wildman–Crippen MR) is 114 cm³/mol. The van der Waals surface area contributed by atoms with Crippen molar-refractivity contribution in [1.29, 1.82) is 0 Å². The Morgan fingerprint density at radius 2 is 1.53 bits per heavy atom. The molecule has 2 saturated heterocycles. The van der Waals surface area contributed by atoms with E-state index >= 15 is 0 Å². The number of benzene rings is 3. The van der Waals surface area contributed by atoms with Gasteiger partial charge in [0.15, 0.2) is 12.4 Å². The van der Waals surface area contributed by atoms with Gasteiger partial charge in [-0.25, -0.2) is 0 Å². The fraction of sp³-hybridized carbons (Fsp3) is 0.280. The molecule has 0 amide bonds. The fourth-order valence-electron chi connectivity index (χ4n) is 4.10. The van der Waals surface area contributed by atoms with Crippen LogP contribution >= 0.6 is 0 Å². The van der Waals surface area contributed by atoms with Crippen LogP contribution in [0.2, 0.25) is 0 Å². The van der Waals surface area contributed by atoms with Crippen LogP contribution in [0.4, 0.5) is 0 Å². The zero-order valence-electron chi connectivity index (χ0n) is 16.6. The Morgan fingerprint density at radius 3 is 2.27 bits per heavy atom. The first-order valence-corrected chi connectivity index (χ1v) is 10.3. The molecule has 154 valence electrons. The topological polar surface area (TPSA) is 60.0 Å². The summed E-state index contributed by atoms with van der Waals surface area (Å²) in [7, 11) is 0. The normalized spacial score (nSPS) is 27.7. The SMILES string of the molecule is O[C@H]1[C@H](NCc2ccc(-c3ccccc3)cc2)[C@H]2CO[C@H](O2)[C@@H]1Oc1ccccc1. The number of para-hydroxylation sites is 1. The van der Waals surface area contributed by atoms with E-state index in [1.807, 2.05) is 48.5 Å². The van der Waals surface area contributed by atoms with Gasteiger partial charge in [0.05, 0.1) is 12.6 Å². The number of hydrogen-bond acceptors (Lipinski definition) is 5. The summed E-state index contributed by atoms with van der Waals surface area (Å²) in [5.74, 6) is 0.689. The zero-order valence-corrected chi connectivity index (χ0v) is 16.6. The van der Waals surface area contributed by atoms with Crippen LogP contribution in [-0.2, 0) is 16.0 Å². The lowest BCUT2D eigenvalue weighted by molar-refractivity contribution is -0.193. The highest BCUT2D eigenvalue weighted by molar-refractivity contribution is 5.63. The first-order valence-electron chi connectivity index (χ1n) is 10.3. The molecule has 2 aliphatic heterocycles. The largest absolute Gasteiger partial charge is 0.482 e. The van der Waals surface area contributed by atoms with Crippen molar-refractivity contribution < 1.29 is 19.3 Å². The third kappa shape index (κ3) is 3.98. The van der Waals surface area contributed by atoms with Crippen molar-refractivity contribution in [3.05, 3.63) is 90.5 Å². The van der Waals surface area contributed by atoms with Crippen LogP contribution in [0.25, 0.3) is 11.1 Å². The van der Waals surface area contributed by atoms with E-state index in [0.29, 0.717) is 18.9 Å². The lowest BCUT2D eigenvalue weighted by Gasteiger charge is -2.38. The van der Waals surface area contributed by atoms with Crippen LogP contribution in [-0.4, -0.2) is 42.4 Å². The second kappa shape index (κ2) is 8.58. The van der Waals surface area contributed by atoms with E-state index in [0.717, 1.165) is 5.56 Å². The number of aliphatic hydroxyl groups is 1.